The Kier molecular flexibility index (Phi) is 3.64. The molecule has 0 fully saturated rings. The van der Waals surface area contributed by atoms with Crippen LogP contribution in [0, 0.1) is 6.92 Å². The molecular formula is C13H15N5OS2. The Morgan fingerprint density at radius 1 is 1.52 bits per heavy atom. The molecule has 110 valence electrons. The zero-order chi connectivity index (χ0) is 15.0. The smallest absolute Gasteiger partial charge is 0.263 e. The fourth-order valence-corrected chi connectivity index (χ4v) is 3.96. The van der Waals surface area contributed by atoms with E-state index in [0.29, 0.717) is 17.1 Å². The van der Waals surface area contributed by atoms with E-state index in [1.54, 1.807) is 22.2 Å². The van der Waals surface area contributed by atoms with Crippen LogP contribution in [-0.4, -0.2) is 27.2 Å². The molecule has 0 unspecified atom stereocenters. The molecular weight excluding hydrogens is 306 g/mol. The quantitative estimate of drug-likeness (QED) is 0.769. The van der Waals surface area contributed by atoms with E-state index in [9.17, 15) is 4.79 Å². The summed E-state index contributed by atoms with van der Waals surface area (Å²) in [5, 5.41) is 11.0. The maximum absolute atomic E-state index is 12.3. The minimum atomic E-state index is -0.135. The van der Waals surface area contributed by atoms with Gasteiger partial charge in [-0.1, -0.05) is 0 Å². The van der Waals surface area contributed by atoms with Crippen LogP contribution in [0.25, 0.3) is 10.2 Å². The minimum Gasteiger partial charge on any atom is -0.397 e. The highest BCUT2D eigenvalue weighted by Gasteiger charge is 2.20. The van der Waals surface area contributed by atoms with Gasteiger partial charge in [0.05, 0.1) is 21.8 Å². The van der Waals surface area contributed by atoms with Crippen LogP contribution in [0.4, 0.5) is 5.69 Å². The van der Waals surface area contributed by atoms with Crippen molar-refractivity contribution >= 4 is 44.5 Å². The molecule has 0 saturated carbocycles. The van der Waals surface area contributed by atoms with Gasteiger partial charge in [-0.05, 0) is 6.92 Å². The third-order valence-electron chi connectivity index (χ3n) is 3.20. The van der Waals surface area contributed by atoms with Crippen molar-refractivity contribution in [2.75, 3.05) is 12.3 Å². The molecule has 0 radical (unpaired) electrons. The van der Waals surface area contributed by atoms with E-state index in [-0.39, 0.29) is 5.91 Å². The Hall–Kier alpha value is -1.93. The van der Waals surface area contributed by atoms with E-state index in [1.165, 1.54) is 11.3 Å². The van der Waals surface area contributed by atoms with E-state index in [2.05, 4.69) is 15.4 Å². The lowest BCUT2D eigenvalue weighted by atomic mass is 10.2. The van der Waals surface area contributed by atoms with Crippen LogP contribution >= 0.6 is 22.7 Å². The number of hydrogen-bond donors (Lipinski definition) is 2. The summed E-state index contributed by atoms with van der Waals surface area (Å²) < 4.78 is 1.76. The molecule has 3 aromatic heterocycles. The van der Waals surface area contributed by atoms with Gasteiger partial charge in [0.2, 0.25) is 0 Å². The third kappa shape index (κ3) is 2.52. The van der Waals surface area contributed by atoms with Crippen LogP contribution < -0.4 is 11.1 Å². The highest BCUT2D eigenvalue weighted by atomic mass is 32.1. The van der Waals surface area contributed by atoms with Gasteiger partial charge in [-0.3, -0.25) is 9.48 Å². The number of nitrogens with one attached hydrogen (secondary N) is 1. The molecule has 0 aromatic carbocycles. The second-order valence-corrected chi connectivity index (χ2v) is 6.64. The van der Waals surface area contributed by atoms with Crippen LogP contribution in [0.3, 0.4) is 0 Å². The van der Waals surface area contributed by atoms with Gasteiger partial charge in [0.25, 0.3) is 5.91 Å². The molecule has 3 heterocycles. The predicted octanol–water partition coefficient (Wildman–Crippen LogP) is 1.95. The first-order valence-electron chi connectivity index (χ1n) is 6.46. The summed E-state index contributed by atoms with van der Waals surface area (Å²) in [6.45, 7) is 2.45. The van der Waals surface area contributed by atoms with E-state index in [1.807, 2.05) is 19.4 Å². The number of aryl methyl sites for hydroxylation is 2. The lowest BCUT2D eigenvalue weighted by Crippen LogP contribution is -2.25. The molecule has 0 spiro atoms. The molecule has 0 bridgehead atoms. The molecule has 0 aliphatic carbocycles. The highest BCUT2D eigenvalue weighted by Crippen LogP contribution is 2.35. The predicted molar refractivity (Wildman–Crippen MR) is 85.9 cm³/mol. The van der Waals surface area contributed by atoms with Gasteiger partial charge in [0.15, 0.2) is 0 Å². The fraction of sp³-hybridized carbons (Fsp3) is 0.308. The standard InChI is InChI=1S/C13H15N5OS2/c1-7-9-10(14)11(21-13(9)18(2)17-7)12(19)16-4-3-8-15-5-6-20-8/h5-6H,3-4,14H2,1-2H3,(H,16,19). The van der Waals surface area contributed by atoms with Crippen LogP contribution in [0.15, 0.2) is 11.6 Å². The van der Waals surface area contributed by atoms with Gasteiger partial charge in [0.1, 0.15) is 9.71 Å². The van der Waals surface area contributed by atoms with Crippen LogP contribution in [0.1, 0.15) is 20.4 Å². The first-order chi connectivity index (χ1) is 10.1. The number of thiophene rings is 1. The van der Waals surface area contributed by atoms with Gasteiger partial charge < -0.3 is 11.1 Å². The van der Waals surface area contributed by atoms with Crippen molar-refractivity contribution in [2.45, 2.75) is 13.3 Å². The number of nitrogens with zero attached hydrogens (tertiary/aromatic N) is 3. The van der Waals surface area contributed by atoms with Gasteiger partial charge >= 0.3 is 0 Å². The van der Waals surface area contributed by atoms with Gasteiger partial charge in [-0.15, -0.1) is 22.7 Å². The summed E-state index contributed by atoms with van der Waals surface area (Å²) in [6.07, 6.45) is 2.50. The summed E-state index contributed by atoms with van der Waals surface area (Å²) in [5.41, 5.74) is 7.48. The number of carbonyl (C=O) groups is 1. The zero-order valence-electron chi connectivity index (χ0n) is 11.7. The largest absolute Gasteiger partial charge is 0.397 e. The number of nitrogens with two attached hydrogens (primary N) is 1. The maximum Gasteiger partial charge on any atom is 0.263 e. The average molecular weight is 321 g/mol. The number of amides is 1. The van der Waals surface area contributed by atoms with Crippen LogP contribution in [0.5, 0.6) is 0 Å². The summed E-state index contributed by atoms with van der Waals surface area (Å²) in [7, 11) is 1.86. The minimum absolute atomic E-state index is 0.135. The number of hydrogen-bond acceptors (Lipinski definition) is 6. The van der Waals surface area contributed by atoms with E-state index < -0.39 is 0 Å². The van der Waals surface area contributed by atoms with Crippen molar-refractivity contribution in [1.29, 1.82) is 0 Å². The normalized spacial score (nSPS) is 11.1. The summed E-state index contributed by atoms with van der Waals surface area (Å²) in [4.78, 5) is 17.9. The van der Waals surface area contributed by atoms with Crippen molar-refractivity contribution in [2.24, 2.45) is 7.05 Å². The number of fused-ring (bicyclic) bond motifs is 1. The van der Waals surface area contributed by atoms with Crippen molar-refractivity contribution in [3.05, 3.63) is 27.2 Å². The van der Waals surface area contributed by atoms with Gasteiger partial charge in [-0.25, -0.2) is 4.98 Å². The van der Waals surface area contributed by atoms with Crippen LogP contribution in [-0.2, 0) is 13.5 Å². The lowest BCUT2D eigenvalue weighted by molar-refractivity contribution is 0.0959. The monoisotopic (exact) mass is 321 g/mol. The molecule has 21 heavy (non-hydrogen) atoms. The number of thiazole rings is 1. The first-order valence-corrected chi connectivity index (χ1v) is 8.15. The summed E-state index contributed by atoms with van der Waals surface area (Å²) in [6, 6.07) is 0. The average Bonchev–Trinajstić information content (AvgIpc) is 3.11. The van der Waals surface area contributed by atoms with E-state index in [0.717, 1.165) is 27.3 Å². The Morgan fingerprint density at radius 3 is 3.00 bits per heavy atom. The number of rotatable bonds is 4. The zero-order valence-corrected chi connectivity index (χ0v) is 13.3. The fourth-order valence-electron chi connectivity index (χ4n) is 2.24. The first kappa shape index (κ1) is 14.0. The Morgan fingerprint density at radius 2 is 2.33 bits per heavy atom. The van der Waals surface area contributed by atoms with Crippen molar-refractivity contribution in [1.82, 2.24) is 20.1 Å². The topological polar surface area (TPSA) is 85.8 Å². The van der Waals surface area contributed by atoms with Crippen molar-refractivity contribution in [3.63, 3.8) is 0 Å². The third-order valence-corrected chi connectivity index (χ3v) is 5.31. The molecule has 8 heteroatoms. The molecule has 0 saturated heterocycles. The number of nitrogen functional groups attached to an aromatic ring is 1. The molecule has 0 atom stereocenters. The highest BCUT2D eigenvalue weighted by molar-refractivity contribution is 7.21. The summed E-state index contributed by atoms with van der Waals surface area (Å²) in [5.74, 6) is -0.135. The molecule has 3 N–H and O–H groups in total. The van der Waals surface area contributed by atoms with Crippen LogP contribution in [0.2, 0.25) is 0 Å². The van der Waals surface area contributed by atoms with E-state index in [4.69, 9.17) is 5.73 Å². The number of aromatic nitrogens is 3. The molecule has 1 amide bonds. The second kappa shape index (κ2) is 5.45. The Labute approximate surface area is 129 Å². The molecule has 6 nitrogen and oxygen atoms in total. The Balaban J connectivity index is 1.75. The maximum atomic E-state index is 12.3. The van der Waals surface area contributed by atoms with Crippen molar-refractivity contribution < 1.29 is 4.79 Å². The number of anilines is 1. The Bertz CT molecular complexity index is 787. The summed E-state index contributed by atoms with van der Waals surface area (Å²) >= 11 is 2.96. The molecule has 0 aliphatic rings. The molecule has 3 aromatic rings. The number of carbonyl (C=O) groups excluding carboxylic acids is 1. The van der Waals surface area contributed by atoms with E-state index >= 15 is 0 Å². The molecule has 0 aliphatic heterocycles. The van der Waals surface area contributed by atoms with Gasteiger partial charge in [-0.2, -0.15) is 5.10 Å². The molecule has 3 rings (SSSR count). The van der Waals surface area contributed by atoms with Gasteiger partial charge in [0, 0.05) is 31.6 Å². The lowest BCUT2D eigenvalue weighted by Gasteiger charge is -2.03. The SMILES string of the molecule is Cc1nn(C)c2sc(C(=O)NCCc3nccs3)c(N)c12. The second-order valence-electron chi connectivity index (χ2n) is 4.67. The van der Waals surface area contributed by atoms with Crippen molar-refractivity contribution in [3.8, 4) is 0 Å².